The number of amides is 2. The molecular formula is C24H27ClF3N5O3. The highest BCUT2D eigenvalue weighted by molar-refractivity contribution is 6.30. The highest BCUT2D eigenvalue weighted by atomic mass is 35.5. The first-order valence-corrected chi connectivity index (χ1v) is 12.3. The Labute approximate surface area is 211 Å². The molecule has 36 heavy (non-hydrogen) atoms. The third kappa shape index (κ3) is 5.23. The van der Waals surface area contributed by atoms with Gasteiger partial charge in [0.2, 0.25) is 0 Å². The van der Waals surface area contributed by atoms with Crippen molar-refractivity contribution in [3.8, 4) is 0 Å². The number of nitrogens with zero attached hydrogens (tertiary/aromatic N) is 5. The quantitative estimate of drug-likeness (QED) is 0.612. The lowest BCUT2D eigenvalue weighted by atomic mass is 9.86. The third-order valence-electron chi connectivity index (χ3n) is 7.24. The Hall–Kier alpha value is -2.63. The van der Waals surface area contributed by atoms with E-state index < -0.39 is 11.7 Å². The van der Waals surface area contributed by atoms with Gasteiger partial charge in [-0.25, -0.2) is 4.79 Å². The lowest BCUT2D eigenvalue weighted by molar-refractivity contribution is -0.137. The molecule has 1 unspecified atom stereocenters. The monoisotopic (exact) mass is 525 g/mol. The minimum atomic E-state index is -4.45. The van der Waals surface area contributed by atoms with Gasteiger partial charge in [0, 0.05) is 55.9 Å². The van der Waals surface area contributed by atoms with Crippen LogP contribution in [0.3, 0.4) is 0 Å². The molecule has 0 N–H and O–H groups in total. The van der Waals surface area contributed by atoms with Crippen LogP contribution in [-0.2, 0) is 17.5 Å². The Kier molecular flexibility index (Phi) is 6.73. The van der Waals surface area contributed by atoms with Crippen LogP contribution in [0, 0.1) is 5.41 Å². The van der Waals surface area contributed by atoms with Crippen LogP contribution >= 0.6 is 11.6 Å². The molecule has 0 aliphatic carbocycles. The summed E-state index contributed by atoms with van der Waals surface area (Å²) < 4.78 is 46.0. The van der Waals surface area contributed by atoms with Gasteiger partial charge in [0.05, 0.1) is 30.5 Å². The molecule has 3 aliphatic heterocycles. The summed E-state index contributed by atoms with van der Waals surface area (Å²) in [5.74, 6) is -0.170. The number of aromatic nitrogens is 2. The lowest BCUT2D eigenvalue weighted by Crippen LogP contribution is -2.40. The van der Waals surface area contributed by atoms with Gasteiger partial charge in [0.25, 0.3) is 5.91 Å². The molecular weight excluding hydrogens is 499 g/mol. The second kappa shape index (κ2) is 9.68. The second-order valence-corrected chi connectivity index (χ2v) is 10.3. The topological polar surface area (TPSA) is 70.9 Å². The first kappa shape index (κ1) is 25.0. The maximum Gasteiger partial charge on any atom is 0.416 e. The summed E-state index contributed by atoms with van der Waals surface area (Å²) in [4.78, 5) is 31.3. The zero-order chi connectivity index (χ0) is 25.5. The number of morpholine rings is 1. The van der Waals surface area contributed by atoms with Gasteiger partial charge in [0.15, 0.2) is 0 Å². The molecule has 194 valence electrons. The summed E-state index contributed by atoms with van der Waals surface area (Å²) in [7, 11) is 0. The lowest BCUT2D eigenvalue weighted by Gasteiger charge is -2.26. The van der Waals surface area contributed by atoms with E-state index in [1.807, 2.05) is 0 Å². The van der Waals surface area contributed by atoms with Crippen molar-refractivity contribution >= 4 is 23.5 Å². The van der Waals surface area contributed by atoms with Gasteiger partial charge in [-0.05, 0) is 43.1 Å². The fourth-order valence-corrected chi connectivity index (χ4v) is 5.65. The zero-order valence-electron chi connectivity index (χ0n) is 19.6. The van der Waals surface area contributed by atoms with Crippen molar-refractivity contribution in [3.05, 3.63) is 52.3 Å². The standard InChI is InChI=1S/C24H27ClF3N5O3/c25-20-10-17(9-19(11-20)24(26,27)28)13-30-3-1-23(15-30)2-4-32(16-23)22(35)33-14-18(12-29-33)21(34)31-5-7-36-8-6-31/h9-12,14H,1-8,13,15-16H2. The third-order valence-corrected chi connectivity index (χ3v) is 7.46. The molecule has 2 aromatic rings. The first-order valence-electron chi connectivity index (χ1n) is 11.9. The van der Waals surface area contributed by atoms with E-state index in [9.17, 15) is 22.8 Å². The molecule has 3 aliphatic rings. The number of carbonyl (C=O) groups is 2. The van der Waals surface area contributed by atoms with Crippen molar-refractivity contribution in [2.75, 3.05) is 52.5 Å². The average Bonchev–Trinajstić information content (AvgIpc) is 3.59. The second-order valence-electron chi connectivity index (χ2n) is 9.84. The minimum Gasteiger partial charge on any atom is -0.378 e. The molecule has 0 radical (unpaired) electrons. The smallest absolute Gasteiger partial charge is 0.378 e. The van der Waals surface area contributed by atoms with Crippen molar-refractivity contribution in [2.24, 2.45) is 5.41 Å². The number of ether oxygens (including phenoxy) is 1. The van der Waals surface area contributed by atoms with Crippen LogP contribution in [0.15, 0.2) is 30.6 Å². The van der Waals surface area contributed by atoms with Crippen LogP contribution in [0.4, 0.5) is 18.0 Å². The van der Waals surface area contributed by atoms with E-state index in [-0.39, 0.29) is 22.4 Å². The molecule has 8 nitrogen and oxygen atoms in total. The summed E-state index contributed by atoms with van der Waals surface area (Å²) in [6.45, 7) is 4.89. The van der Waals surface area contributed by atoms with Gasteiger partial charge in [-0.3, -0.25) is 9.69 Å². The number of benzene rings is 1. The van der Waals surface area contributed by atoms with Crippen LogP contribution in [0.1, 0.15) is 34.3 Å². The molecule has 12 heteroatoms. The normalized spacial score (nSPS) is 23.1. The number of rotatable bonds is 3. The van der Waals surface area contributed by atoms with Gasteiger partial charge in [0.1, 0.15) is 0 Å². The van der Waals surface area contributed by atoms with Crippen molar-refractivity contribution in [2.45, 2.75) is 25.6 Å². The largest absolute Gasteiger partial charge is 0.416 e. The first-order chi connectivity index (χ1) is 17.1. The highest BCUT2D eigenvalue weighted by Crippen LogP contribution is 2.40. The predicted octanol–water partition coefficient (Wildman–Crippen LogP) is 3.59. The molecule has 1 spiro atoms. The van der Waals surface area contributed by atoms with Crippen LogP contribution in [0.5, 0.6) is 0 Å². The maximum absolute atomic E-state index is 13.2. The van der Waals surface area contributed by atoms with E-state index in [1.54, 1.807) is 15.9 Å². The van der Waals surface area contributed by atoms with E-state index in [0.717, 1.165) is 31.5 Å². The Bertz CT molecular complexity index is 1150. The molecule has 1 aromatic carbocycles. The Morgan fingerprint density at radius 3 is 2.53 bits per heavy atom. The average molecular weight is 526 g/mol. The van der Waals surface area contributed by atoms with Gasteiger partial charge in [-0.15, -0.1) is 0 Å². The molecule has 3 fully saturated rings. The number of hydrogen-bond donors (Lipinski definition) is 0. The van der Waals surface area contributed by atoms with Crippen LogP contribution in [0.2, 0.25) is 5.02 Å². The molecule has 1 aromatic heterocycles. The molecule has 2 amide bonds. The van der Waals surface area contributed by atoms with E-state index in [0.29, 0.717) is 63.6 Å². The number of hydrogen-bond acceptors (Lipinski definition) is 5. The minimum absolute atomic E-state index is 0.0667. The van der Waals surface area contributed by atoms with Gasteiger partial charge >= 0.3 is 12.2 Å². The van der Waals surface area contributed by atoms with Crippen molar-refractivity contribution in [1.82, 2.24) is 24.5 Å². The predicted molar refractivity (Wildman–Crippen MR) is 125 cm³/mol. The van der Waals surface area contributed by atoms with Crippen molar-refractivity contribution < 1.29 is 27.5 Å². The number of carbonyl (C=O) groups excluding carboxylic acids is 2. The van der Waals surface area contributed by atoms with E-state index >= 15 is 0 Å². The molecule has 0 saturated carbocycles. The Morgan fingerprint density at radius 1 is 1.03 bits per heavy atom. The molecule has 5 rings (SSSR count). The molecule has 3 saturated heterocycles. The van der Waals surface area contributed by atoms with Crippen LogP contribution in [-0.4, -0.2) is 88.9 Å². The fraction of sp³-hybridized carbons (Fsp3) is 0.542. The van der Waals surface area contributed by atoms with Gasteiger partial charge < -0.3 is 14.5 Å². The summed E-state index contributed by atoms with van der Waals surface area (Å²) >= 11 is 5.94. The SMILES string of the molecule is O=C(c1cnn(C(=O)N2CCC3(CCN(Cc4cc(Cl)cc(C(F)(F)F)c4)C3)C2)c1)N1CCOCC1. The molecule has 0 bridgehead atoms. The summed E-state index contributed by atoms with van der Waals surface area (Å²) in [6.07, 6.45) is 0.0998. The van der Waals surface area contributed by atoms with Crippen molar-refractivity contribution in [3.63, 3.8) is 0 Å². The summed E-state index contributed by atoms with van der Waals surface area (Å²) in [5.41, 5.74) is 0.0285. The summed E-state index contributed by atoms with van der Waals surface area (Å²) in [5, 5.41) is 4.20. The van der Waals surface area contributed by atoms with E-state index in [2.05, 4.69) is 10.00 Å². The Morgan fingerprint density at radius 2 is 1.78 bits per heavy atom. The number of alkyl halides is 3. The molecule has 4 heterocycles. The Balaban J connectivity index is 1.20. The van der Waals surface area contributed by atoms with Crippen LogP contribution in [0.25, 0.3) is 0 Å². The summed E-state index contributed by atoms with van der Waals surface area (Å²) in [6, 6.07) is 3.37. The number of likely N-dealkylation sites (tertiary alicyclic amines) is 2. The van der Waals surface area contributed by atoms with E-state index in [4.69, 9.17) is 16.3 Å². The van der Waals surface area contributed by atoms with Gasteiger partial charge in [-0.1, -0.05) is 11.6 Å². The fourth-order valence-electron chi connectivity index (χ4n) is 5.39. The maximum atomic E-state index is 13.2. The van der Waals surface area contributed by atoms with Crippen LogP contribution < -0.4 is 0 Å². The zero-order valence-corrected chi connectivity index (χ0v) is 20.4. The molecule has 1 atom stereocenters. The van der Waals surface area contributed by atoms with E-state index in [1.165, 1.54) is 17.1 Å². The highest BCUT2D eigenvalue weighted by Gasteiger charge is 2.45. The number of halogens is 4. The van der Waals surface area contributed by atoms with Gasteiger partial charge in [-0.2, -0.15) is 23.0 Å². The van der Waals surface area contributed by atoms with Crippen molar-refractivity contribution in [1.29, 1.82) is 0 Å².